The molecule has 0 saturated heterocycles. The number of hydrogen-bond acceptors (Lipinski definition) is 4. The van der Waals surface area contributed by atoms with Crippen molar-refractivity contribution < 1.29 is 0 Å². The number of aromatic nitrogens is 2. The highest BCUT2D eigenvalue weighted by Crippen LogP contribution is 2.07. The summed E-state index contributed by atoms with van der Waals surface area (Å²) in [6.45, 7) is 4.30. The first kappa shape index (κ1) is 8.93. The summed E-state index contributed by atoms with van der Waals surface area (Å²) in [5, 5.41) is 0. The van der Waals surface area contributed by atoms with Crippen molar-refractivity contribution in [2.75, 3.05) is 5.43 Å². The van der Waals surface area contributed by atoms with E-state index in [4.69, 9.17) is 5.84 Å². The molecule has 0 aromatic carbocycles. The minimum Gasteiger partial charge on any atom is -0.308 e. The number of nitrogens with one attached hydrogen (secondary N) is 1. The predicted octanol–water partition coefficient (Wildman–Crippen LogP) is 0.961. The molecule has 66 valence electrons. The lowest BCUT2D eigenvalue weighted by atomic mass is 10.1. The van der Waals surface area contributed by atoms with Crippen LogP contribution in [0.4, 0.5) is 5.82 Å². The number of hydrazine groups is 1. The number of hydrogen-bond donors (Lipinski definition) is 2. The second-order valence-corrected chi connectivity index (χ2v) is 3.14. The number of nitrogen functional groups attached to an aromatic ring is 1. The maximum atomic E-state index is 5.21. The molecule has 1 aromatic rings. The van der Waals surface area contributed by atoms with Crippen LogP contribution in [0.3, 0.4) is 0 Å². The van der Waals surface area contributed by atoms with Crippen LogP contribution < -0.4 is 11.3 Å². The van der Waals surface area contributed by atoms with Crippen molar-refractivity contribution in [1.29, 1.82) is 0 Å². The van der Waals surface area contributed by atoms with E-state index in [9.17, 15) is 0 Å². The maximum absolute atomic E-state index is 5.21. The van der Waals surface area contributed by atoms with Gasteiger partial charge in [-0.05, 0) is 12.3 Å². The van der Waals surface area contributed by atoms with Crippen molar-refractivity contribution in [3.8, 4) is 0 Å². The molecule has 12 heavy (non-hydrogen) atoms. The van der Waals surface area contributed by atoms with Crippen molar-refractivity contribution in [1.82, 2.24) is 9.97 Å². The smallest absolute Gasteiger partial charge is 0.143 e. The Morgan fingerprint density at radius 2 is 2.25 bits per heavy atom. The molecule has 0 spiro atoms. The van der Waals surface area contributed by atoms with Gasteiger partial charge in [0.15, 0.2) is 0 Å². The summed E-state index contributed by atoms with van der Waals surface area (Å²) < 4.78 is 0. The van der Waals surface area contributed by atoms with Gasteiger partial charge in [-0.15, -0.1) is 0 Å². The Balaban J connectivity index is 2.72. The van der Waals surface area contributed by atoms with Crippen molar-refractivity contribution in [2.24, 2.45) is 11.8 Å². The van der Waals surface area contributed by atoms with E-state index in [2.05, 4.69) is 29.2 Å². The van der Waals surface area contributed by atoms with Crippen LogP contribution in [0.1, 0.15) is 19.5 Å². The molecular formula is C8H14N4. The number of anilines is 1. The molecule has 4 heteroatoms. The lowest BCUT2D eigenvalue weighted by molar-refractivity contribution is 0.634. The van der Waals surface area contributed by atoms with Crippen LogP contribution >= 0.6 is 0 Å². The SMILES string of the molecule is CC(C)Cc1cc(NN)ncn1. The average molecular weight is 166 g/mol. The third-order valence-corrected chi connectivity index (χ3v) is 1.49. The third kappa shape index (κ3) is 2.47. The first-order valence-electron chi connectivity index (χ1n) is 4.00. The van der Waals surface area contributed by atoms with Crippen LogP contribution in [0.5, 0.6) is 0 Å². The van der Waals surface area contributed by atoms with E-state index in [-0.39, 0.29) is 0 Å². The highest BCUT2D eigenvalue weighted by Gasteiger charge is 1.99. The summed E-state index contributed by atoms with van der Waals surface area (Å²) in [5.41, 5.74) is 3.51. The quantitative estimate of drug-likeness (QED) is 0.518. The van der Waals surface area contributed by atoms with Crippen LogP contribution in [0.2, 0.25) is 0 Å². The number of rotatable bonds is 3. The van der Waals surface area contributed by atoms with E-state index in [1.54, 1.807) is 0 Å². The topological polar surface area (TPSA) is 63.8 Å². The molecule has 0 unspecified atom stereocenters. The highest BCUT2D eigenvalue weighted by molar-refractivity contribution is 5.32. The van der Waals surface area contributed by atoms with Crippen LogP contribution in [0.15, 0.2) is 12.4 Å². The summed E-state index contributed by atoms with van der Waals surface area (Å²) in [6.07, 6.45) is 2.48. The van der Waals surface area contributed by atoms with Gasteiger partial charge >= 0.3 is 0 Å². The molecule has 3 N–H and O–H groups in total. The Hall–Kier alpha value is -1.16. The van der Waals surface area contributed by atoms with Crippen molar-refractivity contribution in [3.63, 3.8) is 0 Å². The Morgan fingerprint density at radius 1 is 1.50 bits per heavy atom. The zero-order chi connectivity index (χ0) is 8.97. The molecule has 1 rings (SSSR count). The minimum absolute atomic E-state index is 0.602. The normalized spacial score (nSPS) is 10.3. The van der Waals surface area contributed by atoms with Gasteiger partial charge < -0.3 is 5.43 Å². The first-order valence-corrected chi connectivity index (χ1v) is 4.00. The molecule has 0 bridgehead atoms. The summed E-state index contributed by atoms with van der Waals surface area (Å²) in [5.74, 6) is 6.48. The van der Waals surface area contributed by atoms with Crippen LogP contribution in [0, 0.1) is 5.92 Å². The van der Waals surface area contributed by atoms with Crippen molar-refractivity contribution in [2.45, 2.75) is 20.3 Å². The van der Waals surface area contributed by atoms with Crippen molar-refractivity contribution in [3.05, 3.63) is 18.1 Å². The van der Waals surface area contributed by atoms with E-state index in [0.29, 0.717) is 11.7 Å². The third-order valence-electron chi connectivity index (χ3n) is 1.49. The zero-order valence-corrected chi connectivity index (χ0v) is 7.41. The van der Waals surface area contributed by atoms with E-state index < -0.39 is 0 Å². The molecule has 0 fully saturated rings. The molecule has 0 aliphatic heterocycles. The summed E-state index contributed by atoms with van der Waals surface area (Å²) in [4.78, 5) is 8.04. The van der Waals surface area contributed by atoms with Gasteiger partial charge in [-0.1, -0.05) is 13.8 Å². The molecule has 0 radical (unpaired) electrons. The molecule has 0 aliphatic carbocycles. The molecule has 0 amide bonds. The van der Waals surface area contributed by atoms with Crippen LogP contribution in [-0.2, 0) is 6.42 Å². The Labute approximate surface area is 72.2 Å². The summed E-state index contributed by atoms with van der Waals surface area (Å²) in [7, 11) is 0. The van der Waals surface area contributed by atoms with Crippen molar-refractivity contribution >= 4 is 5.82 Å². The van der Waals surface area contributed by atoms with Crippen LogP contribution in [-0.4, -0.2) is 9.97 Å². The highest BCUT2D eigenvalue weighted by atomic mass is 15.2. The van der Waals surface area contributed by atoms with Gasteiger partial charge in [0.25, 0.3) is 0 Å². The number of nitrogens with zero attached hydrogens (tertiary/aromatic N) is 2. The van der Waals surface area contributed by atoms with Gasteiger partial charge in [0.1, 0.15) is 12.1 Å². The largest absolute Gasteiger partial charge is 0.308 e. The van der Waals surface area contributed by atoms with E-state index in [1.807, 2.05) is 6.07 Å². The van der Waals surface area contributed by atoms with Gasteiger partial charge in [0.05, 0.1) is 0 Å². The van der Waals surface area contributed by atoms with E-state index >= 15 is 0 Å². The van der Waals surface area contributed by atoms with Gasteiger partial charge in [-0.25, -0.2) is 15.8 Å². The van der Waals surface area contributed by atoms with E-state index in [0.717, 1.165) is 12.1 Å². The van der Waals surface area contributed by atoms with Gasteiger partial charge in [0, 0.05) is 11.8 Å². The fourth-order valence-electron chi connectivity index (χ4n) is 1.01. The lowest BCUT2D eigenvalue weighted by Gasteiger charge is -2.04. The Bertz CT molecular complexity index is 247. The van der Waals surface area contributed by atoms with Gasteiger partial charge in [-0.2, -0.15) is 0 Å². The second-order valence-electron chi connectivity index (χ2n) is 3.14. The molecule has 0 atom stereocenters. The molecule has 1 heterocycles. The zero-order valence-electron chi connectivity index (χ0n) is 7.41. The number of nitrogens with two attached hydrogens (primary N) is 1. The molecule has 0 saturated carbocycles. The molecule has 0 aliphatic rings. The Morgan fingerprint density at radius 3 is 2.83 bits per heavy atom. The molecule has 4 nitrogen and oxygen atoms in total. The van der Waals surface area contributed by atoms with Gasteiger partial charge in [-0.3, -0.25) is 0 Å². The molecular weight excluding hydrogens is 152 g/mol. The van der Waals surface area contributed by atoms with Crippen LogP contribution in [0.25, 0.3) is 0 Å². The predicted molar refractivity (Wildman–Crippen MR) is 48.4 cm³/mol. The average Bonchev–Trinajstić information content (AvgIpc) is 2.03. The minimum atomic E-state index is 0.602. The summed E-state index contributed by atoms with van der Waals surface area (Å²) >= 11 is 0. The summed E-state index contributed by atoms with van der Waals surface area (Å²) in [6, 6.07) is 1.86. The fraction of sp³-hybridized carbons (Fsp3) is 0.500. The maximum Gasteiger partial charge on any atom is 0.143 e. The second kappa shape index (κ2) is 4.01. The molecule has 1 aromatic heterocycles. The standard InChI is InChI=1S/C8H14N4/c1-6(2)3-7-4-8(12-9)11-5-10-7/h4-6H,3,9H2,1-2H3,(H,10,11,12). The first-order chi connectivity index (χ1) is 5.72. The monoisotopic (exact) mass is 166 g/mol. The fourth-order valence-corrected chi connectivity index (χ4v) is 1.01. The van der Waals surface area contributed by atoms with E-state index in [1.165, 1.54) is 6.33 Å². The van der Waals surface area contributed by atoms with Gasteiger partial charge in [0.2, 0.25) is 0 Å². The Kier molecular flexibility index (Phi) is 2.99. The lowest BCUT2D eigenvalue weighted by Crippen LogP contribution is -2.09.